The van der Waals surface area contributed by atoms with Crippen molar-refractivity contribution in [3.8, 4) is 0 Å². The van der Waals surface area contributed by atoms with E-state index in [4.69, 9.17) is 9.47 Å². The van der Waals surface area contributed by atoms with Gasteiger partial charge in [0.25, 0.3) is 0 Å². The number of hydrogen-bond donors (Lipinski definition) is 2. The smallest absolute Gasteiger partial charge is 0.228 e. The lowest BCUT2D eigenvalue weighted by Gasteiger charge is -2.34. The summed E-state index contributed by atoms with van der Waals surface area (Å²) in [4.78, 5) is 12.5. The molecule has 0 saturated carbocycles. The lowest BCUT2D eigenvalue weighted by atomic mass is 9.80. The molecule has 0 aromatic heterocycles. The molecule has 1 amide bonds. The van der Waals surface area contributed by atoms with Crippen molar-refractivity contribution in [3.05, 3.63) is 41.9 Å². The normalized spacial score (nSPS) is 24.6. The van der Waals surface area contributed by atoms with E-state index in [2.05, 4.69) is 5.32 Å². The highest BCUT2D eigenvalue weighted by molar-refractivity contribution is 5.93. The van der Waals surface area contributed by atoms with E-state index in [9.17, 15) is 9.90 Å². The highest BCUT2D eigenvalue weighted by Gasteiger charge is 2.37. The van der Waals surface area contributed by atoms with Gasteiger partial charge in [0.15, 0.2) is 0 Å². The molecule has 5 heteroatoms. The van der Waals surface area contributed by atoms with Gasteiger partial charge >= 0.3 is 0 Å². The molecule has 1 aliphatic carbocycles. The van der Waals surface area contributed by atoms with Crippen molar-refractivity contribution >= 4 is 11.6 Å². The number of hydrogen-bond acceptors (Lipinski definition) is 4. The van der Waals surface area contributed by atoms with E-state index in [0.717, 1.165) is 17.2 Å². The van der Waals surface area contributed by atoms with Crippen molar-refractivity contribution in [1.82, 2.24) is 0 Å². The summed E-state index contributed by atoms with van der Waals surface area (Å²) in [5, 5.41) is 12.5. The Kier molecular flexibility index (Phi) is 4.10. The zero-order valence-electron chi connectivity index (χ0n) is 11.7. The van der Waals surface area contributed by atoms with Crippen LogP contribution >= 0.6 is 0 Å². The van der Waals surface area contributed by atoms with E-state index in [-0.39, 0.29) is 24.3 Å². The van der Waals surface area contributed by atoms with Gasteiger partial charge in [0.1, 0.15) is 24.7 Å². The Balaban J connectivity index is 1.74. The van der Waals surface area contributed by atoms with E-state index in [1.807, 2.05) is 30.3 Å². The van der Waals surface area contributed by atoms with Crippen LogP contribution < -0.4 is 5.32 Å². The topological polar surface area (TPSA) is 67.8 Å². The van der Waals surface area contributed by atoms with Crippen molar-refractivity contribution in [2.45, 2.75) is 12.8 Å². The second-order valence-corrected chi connectivity index (χ2v) is 5.36. The van der Waals surface area contributed by atoms with Crippen molar-refractivity contribution in [2.24, 2.45) is 11.8 Å². The molecule has 1 heterocycles. The van der Waals surface area contributed by atoms with Crippen LogP contribution in [0.5, 0.6) is 0 Å². The molecule has 2 atom stereocenters. The van der Waals surface area contributed by atoms with Gasteiger partial charge in [-0.2, -0.15) is 0 Å². The van der Waals surface area contributed by atoms with E-state index in [1.54, 1.807) is 0 Å². The number of aliphatic hydroxyl groups excluding tert-OH is 1. The van der Waals surface area contributed by atoms with Crippen LogP contribution in [0.15, 0.2) is 41.9 Å². The monoisotopic (exact) mass is 289 g/mol. The molecular weight excluding hydrogens is 270 g/mol. The minimum Gasteiger partial charge on any atom is -0.491 e. The lowest BCUT2D eigenvalue weighted by Crippen LogP contribution is -2.36. The highest BCUT2D eigenvalue weighted by Crippen LogP contribution is 2.37. The first-order valence-corrected chi connectivity index (χ1v) is 7.22. The molecule has 1 aromatic carbocycles. The van der Waals surface area contributed by atoms with Crippen LogP contribution in [0.3, 0.4) is 0 Å². The minimum absolute atomic E-state index is 0.0347. The average molecular weight is 289 g/mol. The molecule has 0 bridgehead atoms. The fourth-order valence-electron chi connectivity index (χ4n) is 2.84. The Morgan fingerprint density at radius 1 is 1.14 bits per heavy atom. The zero-order chi connectivity index (χ0) is 14.7. The summed E-state index contributed by atoms with van der Waals surface area (Å²) in [6, 6.07) is 9.34. The van der Waals surface area contributed by atoms with Gasteiger partial charge in [0.05, 0.1) is 5.92 Å². The molecular formula is C16H19NO4. The van der Waals surface area contributed by atoms with Gasteiger partial charge in [-0.15, -0.1) is 0 Å². The molecule has 21 heavy (non-hydrogen) atoms. The van der Waals surface area contributed by atoms with Crippen molar-refractivity contribution in [1.29, 1.82) is 0 Å². The standard InChI is InChI=1S/C16H19NO4/c18-10-11-8-14-15(21-7-6-20-14)9-13(11)16(19)17-12-4-2-1-3-5-12/h1-5,11,13,18H,6-10H2,(H,17,19)/t11-,13-/m1/s1. The van der Waals surface area contributed by atoms with Crippen molar-refractivity contribution in [2.75, 3.05) is 25.1 Å². The third-order valence-electron chi connectivity index (χ3n) is 3.98. The van der Waals surface area contributed by atoms with Gasteiger partial charge in [0, 0.05) is 31.1 Å². The van der Waals surface area contributed by atoms with Crippen LogP contribution in [0.4, 0.5) is 5.69 Å². The third kappa shape index (κ3) is 3.03. The first-order chi connectivity index (χ1) is 10.3. The van der Waals surface area contributed by atoms with Gasteiger partial charge in [-0.25, -0.2) is 0 Å². The Morgan fingerprint density at radius 3 is 2.48 bits per heavy atom. The molecule has 0 spiro atoms. The summed E-state index contributed by atoms with van der Waals surface area (Å²) >= 11 is 0. The summed E-state index contributed by atoms with van der Waals surface area (Å²) in [5.74, 6) is 1.05. The molecule has 112 valence electrons. The number of rotatable bonds is 3. The van der Waals surface area contributed by atoms with E-state index in [0.29, 0.717) is 26.1 Å². The number of aliphatic hydroxyl groups is 1. The maximum Gasteiger partial charge on any atom is 0.228 e. The molecule has 2 N–H and O–H groups in total. The number of allylic oxidation sites excluding steroid dienone is 2. The summed E-state index contributed by atoms with van der Waals surface area (Å²) in [6.45, 7) is 1.03. The first-order valence-electron chi connectivity index (χ1n) is 7.22. The first kappa shape index (κ1) is 13.9. The molecule has 5 nitrogen and oxygen atoms in total. The van der Waals surface area contributed by atoms with E-state index < -0.39 is 0 Å². The predicted octanol–water partition coefficient (Wildman–Crippen LogP) is 1.90. The predicted molar refractivity (Wildman–Crippen MR) is 77.3 cm³/mol. The highest BCUT2D eigenvalue weighted by atomic mass is 16.6. The summed E-state index contributed by atoms with van der Waals surface area (Å²) in [5.41, 5.74) is 0.764. The molecule has 0 saturated heterocycles. The number of carbonyl (C=O) groups excluding carboxylic acids is 1. The number of ether oxygens (including phenoxy) is 2. The SMILES string of the molecule is O=C(Nc1ccccc1)[C@@H]1CC2=C(C[C@@H]1CO)OCCO2. The van der Waals surface area contributed by atoms with Crippen molar-refractivity contribution < 1.29 is 19.4 Å². The van der Waals surface area contributed by atoms with Gasteiger partial charge < -0.3 is 19.9 Å². The number of anilines is 1. The van der Waals surface area contributed by atoms with Crippen LogP contribution in [-0.2, 0) is 14.3 Å². The fraction of sp³-hybridized carbons (Fsp3) is 0.438. The number of para-hydroxylation sites is 1. The summed E-state index contributed by atoms with van der Waals surface area (Å²) in [6.07, 6.45) is 1.04. The van der Waals surface area contributed by atoms with Crippen LogP contribution in [0.2, 0.25) is 0 Å². The zero-order valence-corrected chi connectivity index (χ0v) is 11.7. The molecule has 1 aromatic rings. The van der Waals surface area contributed by atoms with Gasteiger partial charge in [-0.1, -0.05) is 18.2 Å². The maximum atomic E-state index is 12.5. The minimum atomic E-state index is -0.296. The molecule has 0 fully saturated rings. The second kappa shape index (κ2) is 6.18. The summed E-state index contributed by atoms with van der Waals surface area (Å²) < 4.78 is 11.2. The number of amides is 1. The van der Waals surface area contributed by atoms with Gasteiger partial charge in [-0.05, 0) is 12.1 Å². The van der Waals surface area contributed by atoms with E-state index >= 15 is 0 Å². The molecule has 0 unspecified atom stereocenters. The fourth-order valence-corrected chi connectivity index (χ4v) is 2.84. The Hall–Kier alpha value is -2.01. The third-order valence-corrected chi connectivity index (χ3v) is 3.98. The average Bonchev–Trinajstić information content (AvgIpc) is 2.54. The van der Waals surface area contributed by atoms with Crippen LogP contribution in [-0.4, -0.2) is 30.8 Å². The largest absolute Gasteiger partial charge is 0.491 e. The Morgan fingerprint density at radius 2 is 1.81 bits per heavy atom. The Bertz CT molecular complexity index is 540. The number of nitrogens with one attached hydrogen (secondary N) is 1. The van der Waals surface area contributed by atoms with Gasteiger partial charge in [0.2, 0.25) is 5.91 Å². The Labute approximate surface area is 123 Å². The molecule has 3 rings (SSSR count). The van der Waals surface area contributed by atoms with Crippen molar-refractivity contribution in [3.63, 3.8) is 0 Å². The van der Waals surface area contributed by atoms with Crippen LogP contribution in [0, 0.1) is 11.8 Å². The molecule has 0 radical (unpaired) electrons. The van der Waals surface area contributed by atoms with E-state index in [1.165, 1.54) is 0 Å². The molecule has 2 aliphatic rings. The lowest BCUT2D eigenvalue weighted by molar-refractivity contribution is -0.123. The van der Waals surface area contributed by atoms with Crippen LogP contribution in [0.1, 0.15) is 12.8 Å². The summed E-state index contributed by atoms with van der Waals surface area (Å²) in [7, 11) is 0. The second-order valence-electron chi connectivity index (χ2n) is 5.36. The quantitative estimate of drug-likeness (QED) is 0.892. The molecule has 1 aliphatic heterocycles. The maximum absolute atomic E-state index is 12.5. The van der Waals surface area contributed by atoms with Crippen LogP contribution in [0.25, 0.3) is 0 Å². The van der Waals surface area contributed by atoms with Gasteiger partial charge in [-0.3, -0.25) is 4.79 Å². The number of carbonyl (C=O) groups is 1. The number of benzene rings is 1.